The Morgan fingerprint density at radius 3 is 3.00 bits per heavy atom. The van der Waals surface area contributed by atoms with Crippen molar-refractivity contribution >= 4 is 17.2 Å². The normalized spacial score (nSPS) is 10.4. The van der Waals surface area contributed by atoms with Gasteiger partial charge >= 0.3 is 0 Å². The molecule has 2 aromatic heterocycles. The maximum atomic E-state index is 11.6. The van der Waals surface area contributed by atoms with Crippen LogP contribution in [0.2, 0.25) is 0 Å². The lowest BCUT2D eigenvalue weighted by atomic mass is 10.4. The Hall–Kier alpha value is -1.62. The zero-order valence-corrected chi connectivity index (χ0v) is 10.1. The van der Waals surface area contributed by atoms with E-state index >= 15 is 0 Å². The molecule has 84 valence electrons. The lowest BCUT2D eigenvalue weighted by molar-refractivity contribution is -0.129. The maximum Gasteiger partial charge on any atom is 0.242 e. The fraction of sp³-hybridized carbons (Fsp3) is 0.273. The first-order valence-corrected chi connectivity index (χ1v) is 5.81. The fourth-order valence-electron chi connectivity index (χ4n) is 1.35. The summed E-state index contributed by atoms with van der Waals surface area (Å²) in [6.45, 7) is 0.334. The lowest BCUT2D eigenvalue weighted by Crippen LogP contribution is -2.26. The van der Waals surface area contributed by atoms with Gasteiger partial charge in [-0.1, -0.05) is 6.07 Å². The van der Waals surface area contributed by atoms with Crippen LogP contribution in [0.4, 0.5) is 0 Å². The molecular formula is C11H13N3OS. The summed E-state index contributed by atoms with van der Waals surface area (Å²) in [5.41, 5.74) is 0. The third-order valence-corrected chi connectivity index (χ3v) is 3.13. The predicted molar refractivity (Wildman–Crippen MR) is 64.2 cm³/mol. The number of thiophene rings is 1. The average Bonchev–Trinajstić information content (AvgIpc) is 2.85. The molecule has 0 spiro atoms. The minimum atomic E-state index is 0.0656. The number of hydrogen-bond acceptors (Lipinski definition) is 3. The van der Waals surface area contributed by atoms with Crippen molar-refractivity contribution < 1.29 is 4.79 Å². The number of imidazole rings is 1. The highest BCUT2D eigenvalue weighted by molar-refractivity contribution is 7.13. The van der Waals surface area contributed by atoms with E-state index in [4.69, 9.17) is 0 Å². The Bertz CT molecular complexity index is 473. The second-order valence-electron chi connectivity index (χ2n) is 3.64. The number of carbonyl (C=O) groups excluding carboxylic acids is 1. The number of aromatic nitrogens is 2. The van der Waals surface area contributed by atoms with Crippen LogP contribution < -0.4 is 0 Å². The van der Waals surface area contributed by atoms with Crippen LogP contribution in [0.25, 0.3) is 10.7 Å². The molecule has 0 aliphatic carbocycles. The molecule has 0 saturated carbocycles. The highest BCUT2D eigenvalue weighted by Crippen LogP contribution is 2.22. The summed E-state index contributed by atoms with van der Waals surface area (Å²) in [5, 5.41) is 2.00. The van der Waals surface area contributed by atoms with E-state index in [1.165, 1.54) is 0 Å². The monoisotopic (exact) mass is 235 g/mol. The summed E-state index contributed by atoms with van der Waals surface area (Å²) in [6, 6.07) is 3.98. The molecule has 0 saturated heterocycles. The summed E-state index contributed by atoms with van der Waals surface area (Å²) in [6.07, 6.45) is 3.55. The van der Waals surface area contributed by atoms with Gasteiger partial charge in [-0.05, 0) is 11.4 Å². The quantitative estimate of drug-likeness (QED) is 0.812. The molecule has 0 N–H and O–H groups in total. The first-order valence-electron chi connectivity index (χ1n) is 4.93. The van der Waals surface area contributed by atoms with Crippen molar-refractivity contribution in [2.75, 3.05) is 14.1 Å². The fourth-order valence-corrected chi connectivity index (χ4v) is 2.09. The van der Waals surface area contributed by atoms with Gasteiger partial charge in [0.2, 0.25) is 5.91 Å². The molecule has 0 atom stereocenters. The molecule has 0 fully saturated rings. The summed E-state index contributed by atoms with van der Waals surface area (Å²) < 4.78 is 1.87. The number of amides is 1. The SMILES string of the molecule is CN(C)C(=O)Cn1ccnc1-c1cccs1. The first kappa shape index (κ1) is 10.9. The van der Waals surface area contributed by atoms with Gasteiger partial charge in [0.15, 0.2) is 0 Å². The molecule has 0 aromatic carbocycles. The van der Waals surface area contributed by atoms with E-state index < -0.39 is 0 Å². The van der Waals surface area contributed by atoms with Crippen molar-refractivity contribution in [2.45, 2.75) is 6.54 Å². The Morgan fingerprint density at radius 2 is 2.38 bits per heavy atom. The zero-order valence-electron chi connectivity index (χ0n) is 9.25. The van der Waals surface area contributed by atoms with Crippen molar-refractivity contribution in [1.82, 2.24) is 14.5 Å². The van der Waals surface area contributed by atoms with Crippen molar-refractivity contribution in [1.29, 1.82) is 0 Å². The Morgan fingerprint density at radius 1 is 1.56 bits per heavy atom. The smallest absolute Gasteiger partial charge is 0.242 e. The topological polar surface area (TPSA) is 38.1 Å². The molecule has 0 aliphatic rings. The molecule has 16 heavy (non-hydrogen) atoms. The van der Waals surface area contributed by atoms with Gasteiger partial charge in [0.05, 0.1) is 4.88 Å². The zero-order chi connectivity index (χ0) is 11.5. The summed E-state index contributed by atoms with van der Waals surface area (Å²) in [5.74, 6) is 0.918. The molecular weight excluding hydrogens is 222 g/mol. The molecule has 2 aromatic rings. The van der Waals surface area contributed by atoms with Crippen molar-refractivity contribution in [3.05, 3.63) is 29.9 Å². The molecule has 2 rings (SSSR count). The molecule has 0 radical (unpaired) electrons. The minimum Gasteiger partial charge on any atom is -0.347 e. The third-order valence-electron chi connectivity index (χ3n) is 2.26. The average molecular weight is 235 g/mol. The van der Waals surface area contributed by atoms with Crippen LogP contribution in [0.1, 0.15) is 0 Å². The van der Waals surface area contributed by atoms with Gasteiger partial charge in [0.1, 0.15) is 12.4 Å². The molecule has 2 heterocycles. The van der Waals surface area contributed by atoms with Crippen LogP contribution in [0.5, 0.6) is 0 Å². The first-order chi connectivity index (χ1) is 7.68. The van der Waals surface area contributed by atoms with Gasteiger partial charge in [-0.2, -0.15) is 0 Å². The van der Waals surface area contributed by atoms with E-state index in [0.717, 1.165) is 10.7 Å². The van der Waals surface area contributed by atoms with Gasteiger partial charge in [-0.25, -0.2) is 4.98 Å². The molecule has 1 amide bonds. The third kappa shape index (κ3) is 2.14. The Kier molecular flexibility index (Phi) is 3.05. The maximum absolute atomic E-state index is 11.6. The van der Waals surface area contributed by atoms with Crippen molar-refractivity contribution in [3.8, 4) is 10.7 Å². The second kappa shape index (κ2) is 4.49. The van der Waals surface area contributed by atoms with Crippen LogP contribution in [-0.2, 0) is 11.3 Å². The highest BCUT2D eigenvalue weighted by atomic mass is 32.1. The van der Waals surface area contributed by atoms with Gasteiger partial charge in [-0.15, -0.1) is 11.3 Å². The predicted octanol–water partition coefficient (Wildman–Crippen LogP) is 1.70. The molecule has 0 unspecified atom stereocenters. The van der Waals surface area contributed by atoms with E-state index in [9.17, 15) is 4.79 Å². The van der Waals surface area contributed by atoms with Crippen LogP contribution in [-0.4, -0.2) is 34.5 Å². The van der Waals surface area contributed by atoms with E-state index in [1.807, 2.05) is 28.3 Å². The van der Waals surface area contributed by atoms with E-state index in [0.29, 0.717) is 6.54 Å². The molecule has 5 heteroatoms. The van der Waals surface area contributed by atoms with Gasteiger partial charge < -0.3 is 9.47 Å². The largest absolute Gasteiger partial charge is 0.347 e. The lowest BCUT2D eigenvalue weighted by Gasteiger charge is -2.11. The van der Waals surface area contributed by atoms with Crippen LogP contribution in [0, 0.1) is 0 Å². The number of carbonyl (C=O) groups is 1. The number of rotatable bonds is 3. The van der Waals surface area contributed by atoms with Crippen LogP contribution in [0.3, 0.4) is 0 Å². The van der Waals surface area contributed by atoms with Crippen LogP contribution >= 0.6 is 11.3 Å². The van der Waals surface area contributed by atoms with Gasteiger partial charge in [0, 0.05) is 26.5 Å². The van der Waals surface area contributed by atoms with E-state index in [2.05, 4.69) is 4.98 Å². The Labute approximate surface area is 98.1 Å². The van der Waals surface area contributed by atoms with E-state index in [-0.39, 0.29) is 5.91 Å². The van der Waals surface area contributed by atoms with Gasteiger partial charge in [-0.3, -0.25) is 4.79 Å². The van der Waals surface area contributed by atoms with E-state index in [1.54, 1.807) is 36.5 Å². The number of nitrogens with zero attached hydrogens (tertiary/aromatic N) is 3. The molecule has 4 nitrogen and oxygen atoms in total. The highest BCUT2D eigenvalue weighted by Gasteiger charge is 2.11. The van der Waals surface area contributed by atoms with Gasteiger partial charge in [0.25, 0.3) is 0 Å². The number of likely N-dealkylation sites (N-methyl/N-ethyl adjacent to an activating group) is 1. The summed E-state index contributed by atoms with van der Waals surface area (Å²) in [7, 11) is 3.51. The number of hydrogen-bond donors (Lipinski definition) is 0. The van der Waals surface area contributed by atoms with Crippen molar-refractivity contribution in [3.63, 3.8) is 0 Å². The summed E-state index contributed by atoms with van der Waals surface area (Å²) in [4.78, 5) is 18.5. The second-order valence-corrected chi connectivity index (χ2v) is 4.59. The standard InChI is InChI=1S/C11H13N3OS/c1-13(2)10(15)8-14-6-5-12-11(14)9-4-3-7-16-9/h3-7H,8H2,1-2H3. The molecule has 0 bridgehead atoms. The Balaban J connectivity index is 2.24. The van der Waals surface area contributed by atoms with Crippen LogP contribution in [0.15, 0.2) is 29.9 Å². The summed E-state index contributed by atoms with van der Waals surface area (Å²) >= 11 is 1.62. The minimum absolute atomic E-state index is 0.0656. The molecule has 0 aliphatic heterocycles. The van der Waals surface area contributed by atoms with Crippen molar-refractivity contribution in [2.24, 2.45) is 0 Å².